The van der Waals surface area contributed by atoms with Crippen LogP contribution in [0.15, 0.2) is 23.3 Å². The number of primary amides is 1. The fourth-order valence-electron chi connectivity index (χ4n) is 4.94. The van der Waals surface area contributed by atoms with Gasteiger partial charge in [-0.25, -0.2) is 19.0 Å². The number of piperidine rings is 1. The van der Waals surface area contributed by atoms with Crippen LogP contribution in [0, 0.1) is 5.92 Å². The number of amides is 3. The molecule has 2 aliphatic rings. The molecule has 4 N–H and O–H groups in total. The van der Waals surface area contributed by atoms with Crippen molar-refractivity contribution < 1.29 is 14.0 Å². The van der Waals surface area contributed by atoms with Crippen LogP contribution in [0.4, 0.5) is 9.18 Å². The maximum absolute atomic E-state index is 13.9. The molecule has 0 saturated carbocycles. The summed E-state index contributed by atoms with van der Waals surface area (Å²) >= 11 is 0. The maximum Gasteiger partial charge on any atom is 0.326 e. The summed E-state index contributed by atoms with van der Waals surface area (Å²) in [6.07, 6.45) is 2.71. The maximum atomic E-state index is 13.9. The number of halogens is 1. The molecular formula is C20H24FN7O3. The Morgan fingerprint density at radius 3 is 2.90 bits per heavy atom. The quantitative estimate of drug-likeness (QED) is 0.563. The normalized spacial score (nSPS) is 26.8. The predicted molar refractivity (Wildman–Crippen MR) is 111 cm³/mol. The number of fused-ring (bicyclic) bond motifs is 3. The van der Waals surface area contributed by atoms with Gasteiger partial charge in [-0.1, -0.05) is 6.92 Å². The number of H-pyrrole nitrogens is 2. The molecule has 5 rings (SSSR count). The Morgan fingerprint density at radius 2 is 2.13 bits per heavy atom. The molecule has 0 aliphatic carbocycles. The number of carbonyl (C=O) groups excluding carboxylic acids is 2. The monoisotopic (exact) mass is 429 g/mol. The first kappa shape index (κ1) is 19.6. The van der Waals surface area contributed by atoms with Crippen molar-refractivity contribution in [3.63, 3.8) is 0 Å². The predicted octanol–water partition coefficient (Wildman–Crippen LogP) is 1.11. The van der Waals surface area contributed by atoms with Crippen molar-refractivity contribution in [3.05, 3.63) is 28.9 Å². The van der Waals surface area contributed by atoms with Gasteiger partial charge in [0, 0.05) is 31.1 Å². The highest BCUT2D eigenvalue weighted by molar-refractivity contribution is 6.01. The number of carbonyl (C=O) groups is 2. The smallest absolute Gasteiger partial charge is 0.326 e. The van der Waals surface area contributed by atoms with Crippen LogP contribution in [-0.2, 0) is 4.79 Å². The Labute approximate surface area is 176 Å². The molecule has 0 unspecified atom stereocenters. The first-order chi connectivity index (χ1) is 14.8. The first-order valence-corrected chi connectivity index (χ1v) is 10.4. The Balaban J connectivity index is 1.50. The molecule has 31 heavy (non-hydrogen) atoms. The third kappa shape index (κ3) is 3.06. The van der Waals surface area contributed by atoms with Crippen molar-refractivity contribution in [2.24, 2.45) is 11.7 Å². The van der Waals surface area contributed by atoms with Crippen molar-refractivity contribution in [3.8, 4) is 0 Å². The molecule has 2 aliphatic heterocycles. The zero-order valence-corrected chi connectivity index (χ0v) is 17.0. The van der Waals surface area contributed by atoms with Crippen LogP contribution >= 0.6 is 0 Å². The standard InChI is InChI=1S/C20H24FN7O3/c1-10-3-5-26(20(31)27-8-11(21)6-14(27)17(22)29)9-15(10)28-16-12-2-4-23-18(12)24-7-13(16)25-19(28)30/h2,4,7,10-11,14-15H,3,5-6,8-9H2,1H3,(H2,22,29)(H,23,24)(H,25,30)/t10-,11+,14+,15+/m1/s1. The average Bonchev–Trinajstić information content (AvgIpc) is 3.43. The van der Waals surface area contributed by atoms with Gasteiger partial charge < -0.3 is 25.5 Å². The van der Waals surface area contributed by atoms with E-state index in [1.165, 1.54) is 4.90 Å². The van der Waals surface area contributed by atoms with Crippen molar-refractivity contribution in [1.82, 2.24) is 29.3 Å². The molecule has 10 nitrogen and oxygen atoms in total. The van der Waals surface area contributed by atoms with Gasteiger partial charge in [0.15, 0.2) is 0 Å². The lowest BCUT2D eigenvalue weighted by Crippen LogP contribution is -2.53. The molecule has 0 bridgehead atoms. The second kappa shape index (κ2) is 7.10. The zero-order chi connectivity index (χ0) is 21.9. The van der Waals surface area contributed by atoms with Gasteiger partial charge in [-0.2, -0.15) is 0 Å². The summed E-state index contributed by atoms with van der Waals surface area (Å²) in [5, 5.41) is 0.820. The van der Waals surface area contributed by atoms with Crippen molar-refractivity contribution in [1.29, 1.82) is 0 Å². The Bertz CT molecular complexity index is 1230. The van der Waals surface area contributed by atoms with E-state index in [1.807, 2.05) is 13.0 Å². The number of alkyl halides is 1. The Kier molecular flexibility index (Phi) is 4.49. The van der Waals surface area contributed by atoms with Gasteiger partial charge in [0.05, 0.1) is 29.8 Å². The van der Waals surface area contributed by atoms with Gasteiger partial charge in [-0.15, -0.1) is 0 Å². The molecule has 0 aromatic carbocycles. The molecule has 3 amide bonds. The van der Waals surface area contributed by atoms with Crippen LogP contribution in [0.1, 0.15) is 25.8 Å². The SMILES string of the molecule is C[C@@H]1CCN(C(=O)N2C[C@@H](F)C[C@H]2C(N)=O)C[C@@H]1n1c(=O)[nH]c2cnc3[nH]ccc3c21. The summed E-state index contributed by atoms with van der Waals surface area (Å²) < 4.78 is 15.6. The molecule has 0 spiro atoms. The molecule has 3 aromatic heterocycles. The number of hydrogen-bond donors (Lipinski definition) is 3. The van der Waals surface area contributed by atoms with Gasteiger partial charge in [0.1, 0.15) is 17.9 Å². The summed E-state index contributed by atoms with van der Waals surface area (Å²) in [4.78, 5) is 50.9. The fourth-order valence-corrected chi connectivity index (χ4v) is 4.94. The summed E-state index contributed by atoms with van der Waals surface area (Å²) in [6, 6.07) is 0.229. The number of nitrogens with two attached hydrogens (primary N) is 1. The van der Waals surface area contributed by atoms with E-state index in [4.69, 9.17) is 5.73 Å². The van der Waals surface area contributed by atoms with Crippen LogP contribution < -0.4 is 11.4 Å². The molecule has 2 fully saturated rings. The van der Waals surface area contributed by atoms with Crippen LogP contribution in [0.25, 0.3) is 22.1 Å². The van der Waals surface area contributed by atoms with Gasteiger partial charge in [0.2, 0.25) is 5.91 Å². The Morgan fingerprint density at radius 1 is 1.32 bits per heavy atom. The summed E-state index contributed by atoms with van der Waals surface area (Å²) in [6.45, 7) is 2.65. The van der Waals surface area contributed by atoms with E-state index in [9.17, 15) is 18.8 Å². The molecule has 11 heteroatoms. The number of nitrogens with zero attached hydrogens (tertiary/aromatic N) is 4. The average molecular weight is 429 g/mol. The molecule has 0 radical (unpaired) electrons. The van der Waals surface area contributed by atoms with Crippen molar-refractivity contribution >= 4 is 34.0 Å². The van der Waals surface area contributed by atoms with E-state index < -0.39 is 24.2 Å². The van der Waals surface area contributed by atoms with Gasteiger partial charge in [-0.05, 0) is 18.4 Å². The summed E-state index contributed by atoms with van der Waals surface area (Å²) in [5.74, 6) is -0.576. The number of hydrogen-bond acceptors (Lipinski definition) is 4. The number of imidazole rings is 1. The lowest BCUT2D eigenvalue weighted by atomic mass is 9.93. The highest BCUT2D eigenvalue weighted by Crippen LogP contribution is 2.32. The third-order valence-electron chi connectivity index (χ3n) is 6.60. The van der Waals surface area contributed by atoms with Crippen LogP contribution in [0.5, 0.6) is 0 Å². The first-order valence-electron chi connectivity index (χ1n) is 10.4. The zero-order valence-electron chi connectivity index (χ0n) is 17.0. The lowest BCUT2D eigenvalue weighted by Gasteiger charge is -2.39. The molecule has 5 heterocycles. The number of pyridine rings is 1. The number of aromatic amines is 2. The summed E-state index contributed by atoms with van der Waals surface area (Å²) in [5.41, 5.74) is 7.16. The molecule has 164 valence electrons. The Hall–Kier alpha value is -3.37. The van der Waals surface area contributed by atoms with E-state index in [0.717, 1.165) is 10.9 Å². The number of urea groups is 1. The van der Waals surface area contributed by atoms with Gasteiger partial charge in [-0.3, -0.25) is 9.36 Å². The number of nitrogens with one attached hydrogen (secondary N) is 2. The number of rotatable bonds is 2. The second-order valence-corrected chi connectivity index (χ2v) is 8.53. The molecule has 2 saturated heterocycles. The highest BCUT2D eigenvalue weighted by atomic mass is 19.1. The van der Waals surface area contributed by atoms with Crippen molar-refractivity contribution in [2.45, 2.75) is 38.0 Å². The number of aromatic nitrogens is 4. The molecule has 3 aromatic rings. The molecule has 4 atom stereocenters. The number of likely N-dealkylation sites (tertiary alicyclic amines) is 2. The van der Waals surface area contributed by atoms with Crippen LogP contribution in [0.3, 0.4) is 0 Å². The highest BCUT2D eigenvalue weighted by Gasteiger charge is 2.42. The lowest BCUT2D eigenvalue weighted by molar-refractivity contribution is -0.121. The minimum absolute atomic E-state index is 0.0743. The largest absolute Gasteiger partial charge is 0.368 e. The molecular weight excluding hydrogens is 405 g/mol. The van der Waals surface area contributed by atoms with E-state index in [-0.39, 0.29) is 37.2 Å². The second-order valence-electron chi connectivity index (χ2n) is 8.53. The fraction of sp³-hybridized carbons (Fsp3) is 0.500. The van der Waals surface area contributed by atoms with Gasteiger partial charge in [0.25, 0.3) is 0 Å². The van der Waals surface area contributed by atoms with Crippen molar-refractivity contribution in [2.75, 3.05) is 19.6 Å². The van der Waals surface area contributed by atoms with E-state index in [0.29, 0.717) is 24.1 Å². The minimum atomic E-state index is -1.27. The van der Waals surface area contributed by atoms with Crippen LogP contribution in [0.2, 0.25) is 0 Å². The van der Waals surface area contributed by atoms with E-state index in [2.05, 4.69) is 15.0 Å². The topological polar surface area (TPSA) is 133 Å². The van der Waals surface area contributed by atoms with Crippen LogP contribution in [-0.4, -0.2) is 73.1 Å². The van der Waals surface area contributed by atoms with Gasteiger partial charge >= 0.3 is 11.7 Å². The summed E-state index contributed by atoms with van der Waals surface area (Å²) in [7, 11) is 0. The minimum Gasteiger partial charge on any atom is -0.368 e. The van der Waals surface area contributed by atoms with E-state index >= 15 is 0 Å². The van der Waals surface area contributed by atoms with E-state index in [1.54, 1.807) is 21.9 Å². The third-order valence-corrected chi connectivity index (χ3v) is 6.60.